The second-order valence-corrected chi connectivity index (χ2v) is 6.48. The van der Waals surface area contributed by atoms with Crippen molar-refractivity contribution in [3.8, 4) is 6.07 Å². The number of carbonyl (C=O) groups is 2. The highest BCUT2D eigenvalue weighted by Crippen LogP contribution is 2.36. The van der Waals surface area contributed by atoms with E-state index in [1.807, 2.05) is 0 Å². The number of hydrogen-bond acceptors (Lipinski definition) is 4. The lowest BCUT2D eigenvalue weighted by atomic mass is 10.1. The Balaban J connectivity index is 1.89. The summed E-state index contributed by atoms with van der Waals surface area (Å²) in [5.41, 5.74) is -1.13. The van der Waals surface area contributed by atoms with Crippen LogP contribution < -0.4 is 4.90 Å². The van der Waals surface area contributed by atoms with E-state index < -0.39 is 35.3 Å². The van der Waals surface area contributed by atoms with Crippen molar-refractivity contribution in [1.29, 1.82) is 5.26 Å². The minimum Gasteiger partial charge on any atom is -0.459 e. The zero-order valence-electron chi connectivity index (χ0n) is 15.3. The maximum absolute atomic E-state index is 13.3. The third-order valence-corrected chi connectivity index (χ3v) is 4.49. The lowest BCUT2D eigenvalue weighted by Gasteiger charge is -2.23. The third-order valence-electron chi connectivity index (χ3n) is 4.49. The SMILES string of the molecule is CN1CC(C(=O)OCc2ccccc2)N(c2ccc(C#N)c(C(F)(F)F)c2)C1=O. The Morgan fingerprint density at radius 2 is 1.93 bits per heavy atom. The standard InChI is InChI=1S/C20H16F3N3O3/c1-25-11-17(18(27)29-12-13-5-3-2-4-6-13)26(19(25)28)15-8-7-14(10-24)16(9-15)20(21,22)23/h2-9,17H,11-12H2,1H3. The van der Waals surface area contributed by atoms with Crippen molar-refractivity contribution in [1.82, 2.24) is 4.90 Å². The van der Waals surface area contributed by atoms with Gasteiger partial charge in [0.2, 0.25) is 0 Å². The molecule has 150 valence electrons. The van der Waals surface area contributed by atoms with Crippen molar-refractivity contribution in [3.05, 3.63) is 65.2 Å². The van der Waals surface area contributed by atoms with Gasteiger partial charge in [-0.25, -0.2) is 9.59 Å². The second-order valence-electron chi connectivity index (χ2n) is 6.48. The minimum absolute atomic E-state index is 0.0247. The number of carbonyl (C=O) groups excluding carboxylic acids is 2. The van der Waals surface area contributed by atoms with Crippen molar-refractivity contribution < 1.29 is 27.5 Å². The summed E-state index contributed by atoms with van der Waals surface area (Å²) < 4.78 is 45.1. The van der Waals surface area contributed by atoms with Gasteiger partial charge in [0.05, 0.1) is 23.7 Å². The van der Waals surface area contributed by atoms with Crippen molar-refractivity contribution in [2.24, 2.45) is 0 Å². The first-order valence-electron chi connectivity index (χ1n) is 8.58. The summed E-state index contributed by atoms with van der Waals surface area (Å²) in [5, 5.41) is 8.94. The summed E-state index contributed by atoms with van der Waals surface area (Å²) in [7, 11) is 1.44. The van der Waals surface area contributed by atoms with Gasteiger partial charge in [0.1, 0.15) is 6.61 Å². The molecule has 1 atom stereocenters. The van der Waals surface area contributed by atoms with Gasteiger partial charge in [-0.15, -0.1) is 0 Å². The Morgan fingerprint density at radius 1 is 1.24 bits per heavy atom. The molecule has 6 nitrogen and oxygen atoms in total. The first-order chi connectivity index (χ1) is 13.7. The van der Waals surface area contributed by atoms with E-state index in [0.717, 1.165) is 16.5 Å². The van der Waals surface area contributed by atoms with Crippen LogP contribution in [0, 0.1) is 11.3 Å². The number of benzene rings is 2. The van der Waals surface area contributed by atoms with Crippen LogP contribution in [0.25, 0.3) is 0 Å². The van der Waals surface area contributed by atoms with Crippen LogP contribution >= 0.6 is 0 Å². The predicted molar refractivity (Wildman–Crippen MR) is 96.7 cm³/mol. The first-order valence-corrected chi connectivity index (χ1v) is 8.58. The molecule has 0 aromatic heterocycles. The van der Waals surface area contributed by atoms with Gasteiger partial charge in [0, 0.05) is 12.7 Å². The average Bonchev–Trinajstić information content (AvgIpc) is 3.00. The summed E-state index contributed by atoms with van der Waals surface area (Å²) >= 11 is 0. The molecule has 1 heterocycles. The lowest BCUT2D eigenvalue weighted by Crippen LogP contribution is -2.41. The molecule has 0 radical (unpaired) electrons. The monoisotopic (exact) mass is 403 g/mol. The largest absolute Gasteiger partial charge is 0.459 e. The van der Waals surface area contributed by atoms with E-state index in [0.29, 0.717) is 6.07 Å². The van der Waals surface area contributed by atoms with Gasteiger partial charge in [-0.3, -0.25) is 4.90 Å². The normalized spacial score (nSPS) is 16.7. The number of nitrogens with zero attached hydrogens (tertiary/aromatic N) is 3. The van der Waals surface area contributed by atoms with E-state index in [2.05, 4.69) is 0 Å². The van der Waals surface area contributed by atoms with Crippen LogP contribution in [0.15, 0.2) is 48.5 Å². The number of ether oxygens (including phenoxy) is 1. The molecule has 1 fully saturated rings. The Hall–Kier alpha value is -3.54. The molecule has 0 N–H and O–H groups in total. The number of amides is 2. The Bertz CT molecular complexity index is 970. The van der Waals surface area contributed by atoms with Crippen LogP contribution in [0.1, 0.15) is 16.7 Å². The number of hydrogen-bond donors (Lipinski definition) is 0. The summed E-state index contributed by atoms with van der Waals surface area (Å²) in [6, 6.07) is 11.5. The molecule has 1 saturated heterocycles. The smallest absolute Gasteiger partial charge is 0.417 e. The van der Waals surface area contributed by atoms with Gasteiger partial charge in [0.15, 0.2) is 6.04 Å². The van der Waals surface area contributed by atoms with Crippen LogP contribution in [0.5, 0.6) is 0 Å². The van der Waals surface area contributed by atoms with Crippen LogP contribution in [-0.4, -0.2) is 36.5 Å². The van der Waals surface area contributed by atoms with Crippen molar-refractivity contribution in [2.45, 2.75) is 18.8 Å². The number of likely N-dealkylation sites (N-methyl/N-ethyl adjacent to an activating group) is 1. The van der Waals surface area contributed by atoms with Crippen LogP contribution in [-0.2, 0) is 22.3 Å². The fraction of sp³-hybridized carbons (Fsp3) is 0.250. The van der Waals surface area contributed by atoms with E-state index in [-0.39, 0.29) is 18.8 Å². The van der Waals surface area contributed by atoms with E-state index in [4.69, 9.17) is 10.00 Å². The maximum atomic E-state index is 13.3. The summed E-state index contributed by atoms with van der Waals surface area (Å²) in [6.07, 6.45) is -4.78. The highest BCUT2D eigenvalue weighted by atomic mass is 19.4. The minimum atomic E-state index is -4.78. The maximum Gasteiger partial charge on any atom is 0.417 e. The lowest BCUT2D eigenvalue weighted by molar-refractivity contribution is -0.146. The molecule has 9 heteroatoms. The number of urea groups is 1. The van der Waals surface area contributed by atoms with Crippen LogP contribution in [0.2, 0.25) is 0 Å². The van der Waals surface area contributed by atoms with Crippen molar-refractivity contribution in [2.75, 3.05) is 18.5 Å². The molecular formula is C20H16F3N3O3. The number of esters is 1. The number of nitriles is 1. The summed E-state index contributed by atoms with van der Waals surface area (Å²) in [5.74, 6) is -0.732. The molecule has 3 rings (SSSR count). The van der Waals surface area contributed by atoms with Gasteiger partial charge in [0.25, 0.3) is 0 Å². The highest BCUT2D eigenvalue weighted by Gasteiger charge is 2.43. The van der Waals surface area contributed by atoms with Gasteiger partial charge in [-0.2, -0.15) is 18.4 Å². The zero-order valence-corrected chi connectivity index (χ0v) is 15.3. The molecule has 0 spiro atoms. The Morgan fingerprint density at radius 3 is 2.55 bits per heavy atom. The highest BCUT2D eigenvalue weighted by molar-refractivity contribution is 6.01. The van der Waals surface area contributed by atoms with E-state index in [1.54, 1.807) is 30.3 Å². The first kappa shape index (κ1) is 20.2. The quantitative estimate of drug-likeness (QED) is 0.732. The molecule has 0 aliphatic carbocycles. The number of rotatable bonds is 4. The zero-order chi connectivity index (χ0) is 21.2. The number of halogens is 3. The molecule has 1 aliphatic heterocycles. The van der Waals surface area contributed by atoms with E-state index in [1.165, 1.54) is 24.1 Å². The van der Waals surface area contributed by atoms with Gasteiger partial charge >= 0.3 is 18.2 Å². The van der Waals surface area contributed by atoms with Gasteiger partial charge in [-0.1, -0.05) is 30.3 Å². The Labute approximate surface area is 164 Å². The Kier molecular flexibility index (Phi) is 5.46. The summed E-state index contributed by atoms with van der Waals surface area (Å²) in [6.45, 7) is -0.0586. The average molecular weight is 403 g/mol. The number of alkyl halides is 3. The summed E-state index contributed by atoms with van der Waals surface area (Å²) in [4.78, 5) is 27.3. The number of anilines is 1. The van der Waals surface area contributed by atoms with Crippen LogP contribution in [0.4, 0.5) is 23.7 Å². The van der Waals surface area contributed by atoms with E-state index >= 15 is 0 Å². The third kappa shape index (κ3) is 4.16. The molecule has 0 bridgehead atoms. The molecule has 2 aromatic rings. The van der Waals surface area contributed by atoms with Gasteiger partial charge in [-0.05, 0) is 23.8 Å². The topological polar surface area (TPSA) is 73.6 Å². The molecule has 1 unspecified atom stereocenters. The second kappa shape index (κ2) is 7.83. The molecule has 1 aliphatic rings. The fourth-order valence-corrected chi connectivity index (χ4v) is 3.05. The van der Waals surface area contributed by atoms with Crippen LogP contribution in [0.3, 0.4) is 0 Å². The predicted octanol–water partition coefficient (Wildman–Crippen LogP) is 3.56. The molecule has 29 heavy (non-hydrogen) atoms. The molecular weight excluding hydrogens is 387 g/mol. The molecule has 0 saturated carbocycles. The fourth-order valence-electron chi connectivity index (χ4n) is 3.05. The van der Waals surface area contributed by atoms with E-state index in [9.17, 15) is 22.8 Å². The molecule has 2 amide bonds. The van der Waals surface area contributed by atoms with Gasteiger partial charge < -0.3 is 9.64 Å². The molecule has 2 aromatic carbocycles. The van der Waals surface area contributed by atoms with Crippen molar-refractivity contribution >= 4 is 17.7 Å². The van der Waals surface area contributed by atoms with Crippen molar-refractivity contribution in [3.63, 3.8) is 0 Å².